The van der Waals surface area contributed by atoms with Crippen molar-refractivity contribution in [1.82, 2.24) is 0 Å². The number of hydrogen-bond donors (Lipinski definition) is 0. The molecular formula is C21H45IOSiSn. The summed E-state index contributed by atoms with van der Waals surface area (Å²) >= 11 is 0.535. The molecule has 4 heteroatoms. The van der Waals surface area contributed by atoms with Gasteiger partial charge in [0, 0.05) is 0 Å². The number of hydrogen-bond acceptors (Lipinski definition) is 1. The third kappa shape index (κ3) is 9.46. The van der Waals surface area contributed by atoms with Crippen LogP contribution in [0.5, 0.6) is 0 Å². The molecule has 25 heavy (non-hydrogen) atoms. The predicted molar refractivity (Wildman–Crippen MR) is 130 cm³/mol. The van der Waals surface area contributed by atoms with Crippen molar-refractivity contribution in [3.05, 3.63) is 7.67 Å². The molecule has 0 spiro atoms. The van der Waals surface area contributed by atoms with E-state index in [4.69, 9.17) is 4.43 Å². The first kappa shape index (κ1) is 26.4. The van der Waals surface area contributed by atoms with E-state index in [9.17, 15) is 0 Å². The molecule has 0 aliphatic rings. The summed E-state index contributed by atoms with van der Waals surface area (Å²) in [6.45, 7) is 19.7. The summed E-state index contributed by atoms with van der Waals surface area (Å²) in [7, 11) is -1.63. The fourth-order valence-electron chi connectivity index (χ4n) is 3.03. The van der Waals surface area contributed by atoms with Gasteiger partial charge in [0.05, 0.1) is 0 Å². The molecule has 0 aromatic rings. The summed E-state index contributed by atoms with van der Waals surface area (Å²) < 4.78 is 12.9. The van der Waals surface area contributed by atoms with Crippen LogP contribution in [0, 0.1) is 0 Å². The Kier molecular flexibility index (Phi) is 13.6. The van der Waals surface area contributed by atoms with Gasteiger partial charge in [-0.1, -0.05) is 0 Å². The summed E-state index contributed by atoms with van der Waals surface area (Å²) in [5.74, 6) is 0. The summed E-state index contributed by atoms with van der Waals surface area (Å²) in [5.41, 5.74) is 0. The van der Waals surface area contributed by atoms with Gasteiger partial charge in [0.2, 0.25) is 0 Å². The minimum atomic E-state index is -2.20. The zero-order valence-electron chi connectivity index (χ0n) is 18.4. The molecule has 0 saturated carbocycles. The fourth-order valence-corrected chi connectivity index (χ4v) is 24.1. The van der Waals surface area contributed by atoms with Crippen LogP contribution in [-0.2, 0) is 4.43 Å². The van der Waals surface area contributed by atoms with E-state index < -0.39 is 26.7 Å². The van der Waals surface area contributed by atoms with Crippen molar-refractivity contribution in [3.8, 4) is 0 Å². The molecular weight excluding hydrogens is 542 g/mol. The molecule has 0 atom stereocenters. The van der Waals surface area contributed by atoms with Gasteiger partial charge in [-0.25, -0.2) is 0 Å². The number of rotatable bonds is 13. The van der Waals surface area contributed by atoms with Gasteiger partial charge < -0.3 is 0 Å². The summed E-state index contributed by atoms with van der Waals surface area (Å²) in [6.07, 6.45) is 10.9. The second kappa shape index (κ2) is 12.8. The first-order valence-corrected chi connectivity index (χ1v) is 22.0. The zero-order valence-corrected chi connectivity index (χ0v) is 24.4. The molecule has 0 amide bonds. The van der Waals surface area contributed by atoms with Gasteiger partial charge in [-0.3, -0.25) is 0 Å². The Morgan fingerprint density at radius 2 is 1.32 bits per heavy atom. The Morgan fingerprint density at radius 1 is 0.920 bits per heavy atom. The van der Waals surface area contributed by atoms with Crippen LogP contribution in [0.1, 0.15) is 80.1 Å². The Labute approximate surface area is 178 Å². The Hall–Kier alpha value is 1.45. The van der Waals surface area contributed by atoms with Crippen molar-refractivity contribution in [2.24, 2.45) is 0 Å². The average Bonchev–Trinajstić information content (AvgIpc) is 2.53. The molecule has 0 radical (unpaired) electrons. The van der Waals surface area contributed by atoms with Gasteiger partial charge >= 0.3 is 179 Å². The van der Waals surface area contributed by atoms with Crippen LogP contribution in [0.4, 0.5) is 0 Å². The SMILES string of the molecule is CCC[CH2][Sn]([CH2]CCC)([CH2]CCC)/[C](I)=C/CO[Si](C)(C)C(C)(C)C. The van der Waals surface area contributed by atoms with E-state index in [2.05, 4.69) is 83.3 Å². The molecule has 0 aromatic carbocycles. The third-order valence-corrected chi connectivity index (χ3v) is 33.4. The van der Waals surface area contributed by atoms with E-state index in [0.717, 1.165) is 6.61 Å². The van der Waals surface area contributed by atoms with Gasteiger partial charge in [0.25, 0.3) is 0 Å². The average molecular weight is 587 g/mol. The van der Waals surface area contributed by atoms with Crippen LogP contribution >= 0.6 is 22.6 Å². The van der Waals surface area contributed by atoms with E-state index in [1.54, 1.807) is 14.9 Å². The second-order valence-electron chi connectivity index (χ2n) is 9.21. The molecule has 1 nitrogen and oxygen atoms in total. The Bertz CT molecular complexity index is 366. The molecule has 0 saturated heterocycles. The van der Waals surface area contributed by atoms with Crippen LogP contribution in [-0.4, -0.2) is 33.3 Å². The van der Waals surface area contributed by atoms with Crippen LogP contribution < -0.4 is 0 Å². The van der Waals surface area contributed by atoms with Crippen molar-refractivity contribution < 1.29 is 4.43 Å². The van der Waals surface area contributed by atoms with Gasteiger partial charge in [0.1, 0.15) is 0 Å². The maximum absolute atomic E-state index is 6.46. The van der Waals surface area contributed by atoms with Crippen molar-refractivity contribution in [2.75, 3.05) is 6.61 Å². The number of unbranched alkanes of at least 4 members (excludes halogenated alkanes) is 3. The van der Waals surface area contributed by atoms with Gasteiger partial charge in [-0.15, -0.1) is 0 Å². The minimum absolute atomic E-state index is 0.305. The first-order chi connectivity index (χ1) is 11.6. The molecule has 150 valence electrons. The Balaban J connectivity index is 5.23. The van der Waals surface area contributed by atoms with Crippen LogP contribution in [0.3, 0.4) is 0 Å². The van der Waals surface area contributed by atoms with Crippen LogP contribution in [0.25, 0.3) is 0 Å². The van der Waals surface area contributed by atoms with E-state index >= 15 is 0 Å². The quantitative estimate of drug-likeness (QED) is 0.155. The molecule has 0 aliphatic heterocycles. The first-order valence-electron chi connectivity index (χ1n) is 10.6. The van der Waals surface area contributed by atoms with E-state index in [1.165, 1.54) is 38.5 Å². The molecule has 0 aliphatic carbocycles. The topological polar surface area (TPSA) is 9.23 Å². The monoisotopic (exact) mass is 588 g/mol. The summed E-state index contributed by atoms with van der Waals surface area (Å²) in [5, 5.41) is 0.305. The van der Waals surface area contributed by atoms with Crippen molar-refractivity contribution in [3.63, 3.8) is 0 Å². The van der Waals surface area contributed by atoms with Crippen molar-refractivity contribution in [1.29, 1.82) is 0 Å². The van der Waals surface area contributed by atoms with Crippen LogP contribution in [0.15, 0.2) is 7.67 Å². The second-order valence-corrected chi connectivity index (χ2v) is 31.2. The Morgan fingerprint density at radius 3 is 1.64 bits per heavy atom. The molecule has 0 bridgehead atoms. The standard InChI is InChI=1S/C9H18IOSi.3C4H9.Sn/c1-9(2,3)12(4,5)11-8-6-7-10;3*1-3-4-2;/h6H,8H2,1-5H3;3*1,3-4H2,2H3;. The third-order valence-electron chi connectivity index (χ3n) is 6.05. The fraction of sp³-hybridized carbons (Fsp3) is 0.905. The molecule has 0 aromatic heterocycles. The van der Waals surface area contributed by atoms with E-state index in [0.29, 0.717) is 5.04 Å². The van der Waals surface area contributed by atoms with Crippen molar-refractivity contribution in [2.45, 2.75) is 112 Å². The molecule has 0 heterocycles. The molecule has 0 fully saturated rings. The van der Waals surface area contributed by atoms with Gasteiger partial charge in [0.15, 0.2) is 0 Å². The van der Waals surface area contributed by atoms with Crippen molar-refractivity contribution >= 4 is 49.3 Å². The zero-order chi connectivity index (χ0) is 19.6. The van der Waals surface area contributed by atoms with E-state index in [1.807, 2.05) is 0 Å². The summed E-state index contributed by atoms with van der Waals surface area (Å²) in [4.78, 5) is 0. The molecule has 0 rings (SSSR count). The van der Waals surface area contributed by atoms with E-state index in [-0.39, 0.29) is 0 Å². The maximum atomic E-state index is 6.46. The van der Waals surface area contributed by atoms with Gasteiger partial charge in [-0.05, 0) is 0 Å². The number of halogens is 1. The molecule has 0 unspecified atom stereocenters. The van der Waals surface area contributed by atoms with Crippen LogP contribution in [0.2, 0.25) is 31.4 Å². The van der Waals surface area contributed by atoms with Gasteiger partial charge in [-0.2, -0.15) is 0 Å². The predicted octanol–water partition coefficient (Wildman–Crippen LogP) is 8.72. The molecule has 0 N–H and O–H groups in total. The summed E-state index contributed by atoms with van der Waals surface area (Å²) in [6, 6.07) is 0. The normalized spacial score (nSPS) is 14.2.